The van der Waals surface area contributed by atoms with Crippen LogP contribution in [0.5, 0.6) is 0 Å². The van der Waals surface area contributed by atoms with E-state index in [4.69, 9.17) is 18.6 Å². The lowest BCUT2D eigenvalue weighted by atomic mass is 9.78. The van der Waals surface area contributed by atoms with Gasteiger partial charge in [0.05, 0.1) is 25.7 Å². The van der Waals surface area contributed by atoms with Gasteiger partial charge in [-0.15, -0.1) is 0 Å². The lowest BCUT2D eigenvalue weighted by molar-refractivity contribution is -0.251. The first-order valence-corrected chi connectivity index (χ1v) is 13.8. The normalized spacial score (nSPS) is 26.9. The molecule has 0 aromatic heterocycles. The molecule has 0 saturated heterocycles. The van der Waals surface area contributed by atoms with E-state index in [1.807, 2.05) is 30.3 Å². The van der Waals surface area contributed by atoms with Crippen LogP contribution in [-0.4, -0.2) is 33.3 Å². The van der Waals surface area contributed by atoms with Crippen LogP contribution in [0.15, 0.2) is 42.2 Å². The zero-order chi connectivity index (χ0) is 22.0. The van der Waals surface area contributed by atoms with Crippen LogP contribution in [0.25, 0.3) is 0 Å². The maximum absolute atomic E-state index is 12.5. The Kier molecular flexibility index (Phi) is 6.80. The average molecular weight is 433 g/mol. The number of fused-ring (bicyclic) bond motifs is 1. The van der Waals surface area contributed by atoms with Crippen molar-refractivity contribution in [1.82, 2.24) is 0 Å². The van der Waals surface area contributed by atoms with Crippen molar-refractivity contribution < 1.29 is 23.4 Å². The molecule has 1 aromatic carbocycles. The van der Waals surface area contributed by atoms with Crippen molar-refractivity contribution in [3.05, 3.63) is 47.7 Å². The van der Waals surface area contributed by atoms with E-state index in [-0.39, 0.29) is 22.8 Å². The Morgan fingerprint density at radius 2 is 1.90 bits per heavy atom. The van der Waals surface area contributed by atoms with Gasteiger partial charge in [0.15, 0.2) is 8.32 Å². The number of ether oxygens (including phenoxy) is 3. The van der Waals surface area contributed by atoms with Crippen molar-refractivity contribution in [2.24, 2.45) is 5.92 Å². The second kappa shape index (κ2) is 8.85. The molecule has 0 unspecified atom stereocenters. The Labute approximate surface area is 181 Å². The predicted octanol–water partition coefficient (Wildman–Crippen LogP) is 5.57. The molecule has 1 aliphatic heterocycles. The van der Waals surface area contributed by atoms with Crippen molar-refractivity contribution >= 4 is 14.3 Å². The maximum atomic E-state index is 12.5. The van der Waals surface area contributed by atoms with E-state index in [0.29, 0.717) is 6.61 Å². The van der Waals surface area contributed by atoms with Crippen molar-refractivity contribution in [1.29, 1.82) is 0 Å². The minimum atomic E-state index is -2.16. The summed E-state index contributed by atoms with van der Waals surface area (Å²) >= 11 is 0. The molecule has 2 aliphatic rings. The fraction of sp³-hybridized carbons (Fsp3) is 0.625. The van der Waals surface area contributed by atoms with Gasteiger partial charge in [0.25, 0.3) is 0 Å². The van der Waals surface area contributed by atoms with Crippen molar-refractivity contribution in [2.75, 3.05) is 7.11 Å². The molecule has 166 valence electrons. The monoisotopic (exact) mass is 432 g/mol. The molecule has 0 spiro atoms. The first-order chi connectivity index (χ1) is 14.1. The van der Waals surface area contributed by atoms with Crippen LogP contribution in [0.1, 0.15) is 52.0 Å². The van der Waals surface area contributed by atoms with Gasteiger partial charge in [-0.2, -0.15) is 0 Å². The van der Waals surface area contributed by atoms with E-state index in [0.717, 1.165) is 31.2 Å². The molecule has 3 rings (SSSR count). The summed E-state index contributed by atoms with van der Waals surface area (Å²) in [6.07, 6.45) is 5.33. The predicted molar refractivity (Wildman–Crippen MR) is 119 cm³/mol. The van der Waals surface area contributed by atoms with Crippen molar-refractivity contribution in [3.63, 3.8) is 0 Å². The van der Waals surface area contributed by atoms with Crippen molar-refractivity contribution in [3.8, 4) is 0 Å². The first-order valence-electron chi connectivity index (χ1n) is 10.9. The second-order valence-corrected chi connectivity index (χ2v) is 14.6. The van der Waals surface area contributed by atoms with E-state index in [9.17, 15) is 4.79 Å². The SMILES string of the molecule is COC(=O)C1=C[C@H](OCc2ccccc2)[C@H]2CCCC[C@]2(O[Si](C)(C)C(C)(C)C)O1. The van der Waals surface area contributed by atoms with E-state index in [1.54, 1.807) is 6.08 Å². The summed E-state index contributed by atoms with van der Waals surface area (Å²) in [6, 6.07) is 10.1. The number of hydrogen-bond acceptors (Lipinski definition) is 5. The Bertz CT molecular complexity index is 768. The molecule has 1 aromatic rings. The van der Waals surface area contributed by atoms with Crippen LogP contribution in [-0.2, 0) is 30.0 Å². The van der Waals surface area contributed by atoms with E-state index in [1.165, 1.54) is 7.11 Å². The minimum absolute atomic E-state index is 0.0279. The number of esters is 1. The van der Waals surface area contributed by atoms with Crippen LogP contribution in [0.3, 0.4) is 0 Å². The second-order valence-electron chi connectivity index (χ2n) is 9.91. The third-order valence-electron chi connectivity index (χ3n) is 6.76. The summed E-state index contributed by atoms with van der Waals surface area (Å²) in [7, 11) is -0.785. The molecule has 1 aliphatic carbocycles. The summed E-state index contributed by atoms with van der Waals surface area (Å²) in [5.74, 6) is -1.09. The fourth-order valence-corrected chi connectivity index (χ4v) is 5.51. The van der Waals surface area contributed by atoms with Gasteiger partial charge in [0.2, 0.25) is 11.5 Å². The zero-order valence-electron chi connectivity index (χ0n) is 19.2. The van der Waals surface area contributed by atoms with Crippen LogP contribution < -0.4 is 0 Å². The molecule has 6 heteroatoms. The van der Waals surface area contributed by atoms with E-state index >= 15 is 0 Å². The first kappa shape index (κ1) is 23.0. The molecule has 0 amide bonds. The highest BCUT2D eigenvalue weighted by Crippen LogP contribution is 2.50. The number of methoxy groups -OCH3 is 1. The smallest absolute Gasteiger partial charge is 0.373 e. The molecule has 1 saturated carbocycles. The maximum Gasteiger partial charge on any atom is 0.373 e. The third-order valence-corrected chi connectivity index (χ3v) is 11.2. The lowest BCUT2D eigenvalue weighted by Gasteiger charge is -2.53. The summed E-state index contributed by atoms with van der Waals surface area (Å²) in [6.45, 7) is 11.6. The van der Waals surface area contributed by atoms with Crippen molar-refractivity contribution in [2.45, 2.75) is 83.1 Å². The van der Waals surface area contributed by atoms with Gasteiger partial charge >= 0.3 is 5.97 Å². The zero-order valence-corrected chi connectivity index (χ0v) is 20.2. The van der Waals surface area contributed by atoms with Gasteiger partial charge < -0.3 is 18.6 Å². The van der Waals surface area contributed by atoms with Gasteiger partial charge in [0, 0.05) is 6.42 Å². The van der Waals surface area contributed by atoms with E-state index in [2.05, 4.69) is 33.9 Å². The van der Waals surface area contributed by atoms with Crippen LogP contribution in [0.4, 0.5) is 0 Å². The number of carbonyl (C=O) groups excluding carboxylic acids is 1. The summed E-state index contributed by atoms with van der Waals surface area (Å²) in [5.41, 5.74) is 1.10. The topological polar surface area (TPSA) is 54.0 Å². The summed E-state index contributed by atoms with van der Waals surface area (Å²) in [5, 5.41) is 0.0279. The fourth-order valence-electron chi connectivity index (χ4n) is 4.04. The molecule has 5 nitrogen and oxygen atoms in total. The molecular weight excluding hydrogens is 396 g/mol. The Morgan fingerprint density at radius 3 is 2.53 bits per heavy atom. The number of benzene rings is 1. The summed E-state index contributed by atoms with van der Waals surface area (Å²) < 4.78 is 24.6. The lowest BCUT2D eigenvalue weighted by Crippen LogP contribution is -2.60. The third kappa shape index (κ3) is 4.81. The molecule has 1 fully saturated rings. The average Bonchev–Trinajstić information content (AvgIpc) is 2.70. The van der Waals surface area contributed by atoms with Gasteiger partial charge in [-0.3, -0.25) is 0 Å². The van der Waals surface area contributed by atoms with Gasteiger partial charge in [-0.1, -0.05) is 57.5 Å². The Balaban J connectivity index is 1.94. The highest BCUT2D eigenvalue weighted by Gasteiger charge is 2.56. The van der Waals surface area contributed by atoms with Gasteiger partial charge in [0.1, 0.15) is 0 Å². The highest BCUT2D eigenvalue weighted by atomic mass is 28.4. The van der Waals surface area contributed by atoms with Crippen LogP contribution in [0, 0.1) is 5.92 Å². The highest BCUT2D eigenvalue weighted by molar-refractivity contribution is 6.74. The van der Waals surface area contributed by atoms with E-state index < -0.39 is 20.1 Å². The largest absolute Gasteiger partial charge is 0.463 e. The van der Waals surface area contributed by atoms with Crippen LogP contribution >= 0.6 is 0 Å². The number of hydrogen-bond donors (Lipinski definition) is 0. The number of rotatable bonds is 6. The van der Waals surface area contributed by atoms with Gasteiger partial charge in [-0.25, -0.2) is 4.79 Å². The Hall–Kier alpha value is -1.63. The molecule has 0 radical (unpaired) electrons. The molecule has 1 heterocycles. The standard InChI is InChI=1S/C24H36O5Si/c1-23(2,3)30(5,6)29-24-15-11-10-14-19(24)20(16-21(28-24)22(25)26-4)27-17-18-12-8-7-9-13-18/h7-9,12-13,16,19-20H,10-11,14-15,17H2,1-6H3/t19-,20+,24-/m1/s1. The van der Waals surface area contributed by atoms with Crippen LogP contribution in [0.2, 0.25) is 18.1 Å². The quantitative estimate of drug-likeness (QED) is 0.435. The molecular formula is C24H36O5Si. The molecule has 30 heavy (non-hydrogen) atoms. The Morgan fingerprint density at radius 1 is 1.20 bits per heavy atom. The molecule has 0 N–H and O–H groups in total. The van der Waals surface area contributed by atoms with Gasteiger partial charge in [-0.05, 0) is 42.6 Å². The number of carbonyl (C=O) groups is 1. The summed E-state index contributed by atoms with van der Waals surface area (Å²) in [4.78, 5) is 12.5. The molecule has 3 atom stereocenters. The minimum Gasteiger partial charge on any atom is -0.463 e. The molecule has 0 bridgehead atoms.